The van der Waals surface area contributed by atoms with Crippen LogP contribution in [0.5, 0.6) is 0 Å². The summed E-state index contributed by atoms with van der Waals surface area (Å²) in [6.45, 7) is 4.28. The third-order valence-corrected chi connectivity index (χ3v) is 3.09. The number of anilines is 1. The van der Waals surface area contributed by atoms with Gasteiger partial charge in [-0.3, -0.25) is 0 Å². The molecule has 1 saturated heterocycles. The van der Waals surface area contributed by atoms with Gasteiger partial charge in [-0.25, -0.2) is 4.98 Å². The Bertz CT molecular complexity index is 318. The van der Waals surface area contributed by atoms with Gasteiger partial charge < -0.3 is 10.2 Å². The van der Waals surface area contributed by atoms with Gasteiger partial charge in [-0.15, -0.1) is 0 Å². The minimum Gasteiger partial charge on any atom is -0.360 e. The molecule has 0 spiro atoms. The second kappa shape index (κ2) is 4.62. The fourth-order valence-electron chi connectivity index (χ4n) is 2.10. The minimum atomic E-state index is 0.502. The van der Waals surface area contributed by atoms with Crippen LogP contribution in [0.4, 0.5) is 5.82 Å². The molecule has 1 atom stereocenters. The molecule has 82 valence electrons. The average molecular weight is 205 g/mol. The topological polar surface area (TPSA) is 28.2 Å². The Morgan fingerprint density at radius 3 is 3.13 bits per heavy atom. The van der Waals surface area contributed by atoms with Crippen molar-refractivity contribution in [1.29, 1.82) is 0 Å². The predicted octanol–water partition coefficient (Wildman–Crippen LogP) is 1.96. The largest absolute Gasteiger partial charge is 0.360 e. The number of aromatic nitrogens is 1. The quantitative estimate of drug-likeness (QED) is 0.817. The van der Waals surface area contributed by atoms with E-state index in [2.05, 4.69) is 35.2 Å². The summed E-state index contributed by atoms with van der Waals surface area (Å²) < 4.78 is 0. The third-order valence-electron chi connectivity index (χ3n) is 3.09. The molecular weight excluding hydrogens is 186 g/mol. The zero-order valence-corrected chi connectivity index (χ0v) is 9.53. The normalized spacial score (nSPS) is 20.5. The maximum absolute atomic E-state index is 4.48. The molecular formula is C12H19N3. The van der Waals surface area contributed by atoms with E-state index in [4.69, 9.17) is 0 Å². The molecule has 1 aliphatic rings. The molecule has 1 fully saturated rings. The molecule has 0 radical (unpaired) electrons. The van der Waals surface area contributed by atoms with E-state index in [-0.39, 0.29) is 0 Å². The highest BCUT2D eigenvalue weighted by molar-refractivity contribution is 5.47. The minimum absolute atomic E-state index is 0.502. The Morgan fingerprint density at radius 2 is 2.47 bits per heavy atom. The monoisotopic (exact) mass is 205 g/mol. The van der Waals surface area contributed by atoms with E-state index in [1.807, 2.05) is 12.3 Å². The van der Waals surface area contributed by atoms with Gasteiger partial charge in [-0.1, -0.05) is 6.07 Å². The zero-order valence-electron chi connectivity index (χ0n) is 9.53. The molecule has 3 nitrogen and oxygen atoms in total. The van der Waals surface area contributed by atoms with Gasteiger partial charge in [0.1, 0.15) is 5.82 Å². The molecule has 3 heteroatoms. The second-order valence-corrected chi connectivity index (χ2v) is 4.08. The average Bonchev–Trinajstić information content (AvgIpc) is 2.81. The van der Waals surface area contributed by atoms with Crippen molar-refractivity contribution in [3.05, 3.63) is 23.9 Å². The molecule has 0 amide bonds. The van der Waals surface area contributed by atoms with Crippen LogP contribution in [0.2, 0.25) is 0 Å². The van der Waals surface area contributed by atoms with Crippen LogP contribution in [-0.4, -0.2) is 25.1 Å². The molecule has 1 N–H and O–H groups in total. The van der Waals surface area contributed by atoms with Gasteiger partial charge >= 0.3 is 0 Å². The summed E-state index contributed by atoms with van der Waals surface area (Å²) in [5, 5.41) is 3.53. The van der Waals surface area contributed by atoms with Crippen molar-refractivity contribution in [1.82, 2.24) is 10.3 Å². The van der Waals surface area contributed by atoms with Crippen molar-refractivity contribution < 1.29 is 0 Å². The van der Waals surface area contributed by atoms with Crippen LogP contribution in [-0.2, 0) is 0 Å². The van der Waals surface area contributed by atoms with Gasteiger partial charge in [0.05, 0.1) is 0 Å². The van der Waals surface area contributed by atoms with Gasteiger partial charge in [0.15, 0.2) is 0 Å². The number of nitrogens with zero attached hydrogens (tertiary/aromatic N) is 2. The van der Waals surface area contributed by atoms with E-state index >= 15 is 0 Å². The summed E-state index contributed by atoms with van der Waals surface area (Å²) in [6.07, 6.45) is 4.38. The molecule has 2 heterocycles. The molecule has 0 aromatic carbocycles. The second-order valence-electron chi connectivity index (χ2n) is 4.08. The van der Waals surface area contributed by atoms with Gasteiger partial charge in [0.2, 0.25) is 0 Å². The maximum atomic E-state index is 4.48. The number of hydrogen-bond acceptors (Lipinski definition) is 3. The third kappa shape index (κ3) is 2.12. The molecule has 0 saturated carbocycles. The standard InChI is InChI=1S/C12H19N3/c1-3-15(2)12-10(6-4-9-14-12)11-7-5-8-13-11/h4,6,9,11,13H,3,5,7-8H2,1-2H3/t11-/m1/s1. The number of hydrogen-bond donors (Lipinski definition) is 1. The summed E-state index contributed by atoms with van der Waals surface area (Å²) in [7, 11) is 2.10. The lowest BCUT2D eigenvalue weighted by Crippen LogP contribution is -2.22. The van der Waals surface area contributed by atoms with Crippen molar-refractivity contribution in [2.75, 3.05) is 25.0 Å². The zero-order chi connectivity index (χ0) is 10.7. The molecule has 0 bridgehead atoms. The van der Waals surface area contributed by atoms with Crippen LogP contribution in [0.3, 0.4) is 0 Å². The first kappa shape index (κ1) is 10.4. The van der Waals surface area contributed by atoms with E-state index in [9.17, 15) is 0 Å². The SMILES string of the molecule is CCN(C)c1ncccc1[C@H]1CCCN1. The highest BCUT2D eigenvalue weighted by Crippen LogP contribution is 2.28. The summed E-state index contributed by atoms with van der Waals surface area (Å²) in [6, 6.07) is 4.72. The lowest BCUT2D eigenvalue weighted by atomic mass is 10.1. The Labute approximate surface area is 91.5 Å². The maximum Gasteiger partial charge on any atom is 0.133 e. The predicted molar refractivity (Wildman–Crippen MR) is 63.2 cm³/mol. The summed E-state index contributed by atoms with van der Waals surface area (Å²) >= 11 is 0. The Balaban J connectivity index is 2.28. The van der Waals surface area contributed by atoms with E-state index in [0.29, 0.717) is 6.04 Å². The van der Waals surface area contributed by atoms with Crippen LogP contribution in [0.15, 0.2) is 18.3 Å². The van der Waals surface area contributed by atoms with Crippen molar-refractivity contribution in [3.8, 4) is 0 Å². The van der Waals surface area contributed by atoms with Crippen molar-refractivity contribution in [3.63, 3.8) is 0 Å². The fourth-order valence-corrected chi connectivity index (χ4v) is 2.10. The van der Waals surface area contributed by atoms with Gasteiger partial charge in [0, 0.05) is 31.4 Å². The van der Waals surface area contributed by atoms with E-state index in [1.54, 1.807) is 0 Å². The Morgan fingerprint density at radius 1 is 1.60 bits per heavy atom. The first-order valence-electron chi connectivity index (χ1n) is 5.72. The summed E-state index contributed by atoms with van der Waals surface area (Å²) in [5.74, 6) is 1.12. The van der Waals surface area contributed by atoms with Crippen LogP contribution in [0.1, 0.15) is 31.4 Å². The van der Waals surface area contributed by atoms with Gasteiger partial charge in [0.25, 0.3) is 0 Å². The Kier molecular flexibility index (Phi) is 3.21. The van der Waals surface area contributed by atoms with Crippen molar-refractivity contribution in [2.24, 2.45) is 0 Å². The smallest absolute Gasteiger partial charge is 0.133 e. The molecule has 2 rings (SSSR count). The summed E-state index contributed by atoms with van der Waals surface area (Å²) in [4.78, 5) is 6.68. The molecule has 0 unspecified atom stereocenters. The van der Waals surface area contributed by atoms with Crippen LogP contribution < -0.4 is 10.2 Å². The van der Waals surface area contributed by atoms with E-state index in [0.717, 1.165) is 18.9 Å². The van der Waals surface area contributed by atoms with Crippen LogP contribution >= 0.6 is 0 Å². The van der Waals surface area contributed by atoms with Gasteiger partial charge in [-0.05, 0) is 32.4 Å². The van der Waals surface area contributed by atoms with Crippen LogP contribution in [0.25, 0.3) is 0 Å². The molecule has 1 aromatic rings. The highest BCUT2D eigenvalue weighted by Gasteiger charge is 2.20. The molecule has 1 aliphatic heterocycles. The van der Waals surface area contributed by atoms with E-state index < -0.39 is 0 Å². The first-order valence-corrected chi connectivity index (χ1v) is 5.72. The number of nitrogens with one attached hydrogen (secondary N) is 1. The van der Waals surface area contributed by atoms with Crippen LogP contribution in [0, 0.1) is 0 Å². The van der Waals surface area contributed by atoms with Crippen molar-refractivity contribution in [2.45, 2.75) is 25.8 Å². The molecule has 1 aromatic heterocycles. The van der Waals surface area contributed by atoms with Gasteiger partial charge in [-0.2, -0.15) is 0 Å². The molecule has 15 heavy (non-hydrogen) atoms. The number of pyridine rings is 1. The summed E-state index contributed by atoms with van der Waals surface area (Å²) in [5.41, 5.74) is 1.35. The lowest BCUT2D eigenvalue weighted by Gasteiger charge is -2.22. The highest BCUT2D eigenvalue weighted by atomic mass is 15.2. The lowest BCUT2D eigenvalue weighted by molar-refractivity contribution is 0.642. The Hall–Kier alpha value is -1.09. The first-order chi connectivity index (χ1) is 7.33. The van der Waals surface area contributed by atoms with Crippen molar-refractivity contribution >= 4 is 5.82 Å². The molecule has 0 aliphatic carbocycles. The van der Waals surface area contributed by atoms with E-state index in [1.165, 1.54) is 18.4 Å². The number of rotatable bonds is 3. The fraction of sp³-hybridized carbons (Fsp3) is 0.583.